The lowest BCUT2D eigenvalue weighted by atomic mass is 10.1. The van der Waals surface area contributed by atoms with Crippen LogP contribution in [-0.4, -0.2) is 22.5 Å². The molecular weight excluding hydrogens is 340 g/mol. The van der Waals surface area contributed by atoms with Crippen LogP contribution < -0.4 is 5.32 Å². The maximum Gasteiger partial charge on any atom is 0.341 e. The van der Waals surface area contributed by atoms with E-state index in [0.717, 1.165) is 17.8 Å². The van der Waals surface area contributed by atoms with Crippen molar-refractivity contribution < 1.29 is 18.3 Å². The van der Waals surface area contributed by atoms with Gasteiger partial charge in [0, 0.05) is 29.0 Å². The van der Waals surface area contributed by atoms with E-state index in [-0.39, 0.29) is 12.2 Å². The standard InChI is InChI=1S/C19H17F2N3O2/c1-3-8-26-19(25)14-10-22-18-13(6-4-11(2)23-18)17(14)24-12-5-7-15(20)16(21)9-12/h4-7,9-10H,3,8H2,1-2H3,(H,22,23,24). The van der Waals surface area contributed by atoms with Gasteiger partial charge in [0.2, 0.25) is 0 Å². The molecule has 1 N–H and O–H groups in total. The average molecular weight is 357 g/mol. The van der Waals surface area contributed by atoms with Gasteiger partial charge in [0.25, 0.3) is 0 Å². The number of nitrogens with zero attached hydrogens (tertiary/aromatic N) is 2. The average Bonchev–Trinajstić information content (AvgIpc) is 2.62. The molecule has 0 atom stereocenters. The van der Waals surface area contributed by atoms with E-state index >= 15 is 0 Å². The second-order valence-electron chi connectivity index (χ2n) is 5.76. The summed E-state index contributed by atoms with van der Waals surface area (Å²) in [6.45, 7) is 3.99. The number of nitrogens with one attached hydrogen (secondary N) is 1. The van der Waals surface area contributed by atoms with Crippen LogP contribution in [0.1, 0.15) is 29.4 Å². The summed E-state index contributed by atoms with van der Waals surface area (Å²) in [7, 11) is 0. The van der Waals surface area contributed by atoms with Gasteiger partial charge in [-0.25, -0.2) is 23.5 Å². The minimum Gasteiger partial charge on any atom is -0.462 e. The third-order valence-corrected chi connectivity index (χ3v) is 3.72. The first kappa shape index (κ1) is 17.7. The van der Waals surface area contributed by atoms with Crippen molar-refractivity contribution in [2.45, 2.75) is 20.3 Å². The van der Waals surface area contributed by atoms with Crippen LogP contribution >= 0.6 is 0 Å². The maximum atomic E-state index is 13.5. The quantitative estimate of drug-likeness (QED) is 0.680. The summed E-state index contributed by atoms with van der Waals surface area (Å²) in [5.41, 5.74) is 2.07. The van der Waals surface area contributed by atoms with Crippen LogP contribution in [-0.2, 0) is 4.74 Å². The number of fused-ring (bicyclic) bond motifs is 1. The van der Waals surface area contributed by atoms with Crippen molar-refractivity contribution >= 4 is 28.4 Å². The summed E-state index contributed by atoms with van der Waals surface area (Å²) in [5.74, 6) is -2.49. The fraction of sp³-hybridized carbons (Fsp3) is 0.211. The van der Waals surface area contributed by atoms with Gasteiger partial charge in [0.05, 0.1) is 12.3 Å². The predicted molar refractivity (Wildman–Crippen MR) is 94.5 cm³/mol. The minimum atomic E-state index is -0.988. The topological polar surface area (TPSA) is 64.1 Å². The molecule has 134 valence electrons. The Balaban J connectivity index is 2.11. The number of rotatable bonds is 5. The van der Waals surface area contributed by atoms with Gasteiger partial charge < -0.3 is 10.1 Å². The van der Waals surface area contributed by atoms with Crippen LogP contribution in [0.2, 0.25) is 0 Å². The zero-order valence-corrected chi connectivity index (χ0v) is 14.3. The smallest absolute Gasteiger partial charge is 0.341 e. The molecule has 0 aliphatic heterocycles. The van der Waals surface area contributed by atoms with Gasteiger partial charge in [-0.3, -0.25) is 0 Å². The summed E-state index contributed by atoms with van der Waals surface area (Å²) < 4.78 is 31.9. The number of carbonyl (C=O) groups excluding carboxylic acids is 1. The lowest BCUT2D eigenvalue weighted by Gasteiger charge is -2.14. The van der Waals surface area contributed by atoms with Crippen molar-refractivity contribution in [3.8, 4) is 0 Å². The Hall–Kier alpha value is -3.09. The van der Waals surface area contributed by atoms with Crippen LogP contribution in [0.4, 0.5) is 20.2 Å². The Morgan fingerprint density at radius 3 is 2.73 bits per heavy atom. The molecule has 5 nitrogen and oxygen atoms in total. The molecule has 3 rings (SSSR count). The van der Waals surface area contributed by atoms with E-state index in [1.54, 1.807) is 12.1 Å². The van der Waals surface area contributed by atoms with Gasteiger partial charge in [0.1, 0.15) is 5.56 Å². The predicted octanol–water partition coefficient (Wildman–Crippen LogP) is 4.53. The first-order valence-corrected chi connectivity index (χ1v) is 8.15. The lowest BCUT2D eigenvalue weighted by Crippen LogP contribution is -2.10. The summed E-state index contributed by atoms with van der Waals surface area (Å²) >= 11 is 0. The number of hydrogen-bond donors (Lipinski definition) is 1. The van der Waals surface area contributed by atoms with Crippen molar-refractivity contribution in [2.75, 3.05) is 11.9 Å². The number of esters is 1. The Morgan fingerprint density at radius 2 is 2.00 bits per heavy atom. The molecule has 0 radical (unpaired) electrons. The third kappa shape index (κ3) is 3.61. The van der Waals surface area contributed by atoms with E-state index in [1.165, 1.54) is 12.3 Å². The van der Waals surface area contributed by atoms with Crippen molar-refractivity contribution in [1.29, 1.82) is 0 Å². The molecule has 7 heteroatoms. The monoisotopic (exact) mass is 357 g/mol. The first-order valence-electron chi connectivity index (χ1n) is 8.15. The molecule has 0 aliphatic rings. The van der Waals surface area contributed by atoms with Gasteiger partial charge in [-0.05, 0) is 37.6 Å². The third-order valence-electron chi connectivity index (χ3n) is 3.72. The molecule has 0 saturated heterocycles. The molecule has 3 aromatic rings. The molecule has 0 unspecified atom stereocenters. The highest BCUT2D eigenvalue weighted by Crippen LogP contribution is 2.29. The van der Waals surface area contributed by atoms with E-state index in [0.29, 0.717) is 28.8 Å². The zero-order chi connectivity index (χ0) is 18.7. The van der Waals surface area contributed by atoms with Crippen LogP contribution in [0, 0.1) is 18.6 Å². The van der Waals surface area contributed by atoms with Crippen LogP contribution in [0.15, 0.2) is 36.5 Å². The fourth-order valence-electron chi connectivity index (χ4n) is 2.45. The molecule has 0 fully saturated rings. The van der Waals surface area contributed by atoms with Crippen LogP contribution in [0.3, 0.4) is 0 Å². The Bertz CT molecular complexity index is 976. The van der Waals surface area contributed by atoms with E-state index in [1.807, 2.05) is 13.8 Å². The van der Waals surface area contributed by atoms with Crippen molar-refractivity contribution in [3.05, 3.63) is 59.4 Å². The number of benzene rings is 1. The zero-order valence-electron chi connectivity index (χ0n) is 14.3. The first-order chi connectivity index (χ1) is 12.5. The molecule has 0 aliphatic carbocycles. The Labute approximate surface area is 149 Å². The minimum absolute atomic E-state index is 0.196. The van der Waals surface area contributed by atoms with E-state index in [9.17, 15) is 13.6 Å². The molecular formula is C19H17F2N3O2. The number of hydrogen-bond acceptors (Lipinski definition) is 5. The Morgan fingerprint density at radius 1 is 1.19 bits per heavy atom. The highest BCUT2D eigenvalue weighted by Gasteiger charge is 2.18. The molecule has 1 aromatic carbocycles. The van der Waals surface area contributed by atoms with Gasteiger partial charge >= 0.3 is 5.97 Å². The molecule has 0 saturated carbocycles. The van der Waals surface area contributed by atoms with E-state index in [4.69, 9.17) is 4.74 Å². The molecule has 26 heavy (non-hydrogen) atoms. The second kappa shape index (κ2) is 7.43. The maximum absolute atomic E-state index is 13.5. The van der Waals surface area contributed by atoms with Crippen molar-refractivity contribution in [1.82, 2.24) is 9.97 Å². The number of halogens is 2. The van der Waals surface area contributed by atoms with E-state index in [2.05, 4.69) is 15.3 Å². The number of carbonyl (C=O) groups is 1. The van der Waals surface area contributed by atoms with Crippen molar-refractivity contribution in [3.63, 3.8) is 0 Å². The van der Waals surface area contributed by atoms with E-state index < -0.39 is 17.6 Å². The summed E-state index contributed by atoms with van der Waals surface area (Å²) in [5, 5.41) is 3.55. The van der Waals surface area contributed by atoms with Crippen molar-refractivity contribution in [2.24, 2.45) is 0 Å². The molecule has 0 spiro atoms. The number of anilines is 2. The summed E-state index contributed by atoms with van der Waals surface area (Å²) in [6, 6.07) is 6.96. The molecule has 0 amide bonds. The molecule has 0 bridgehead atoms. The number of pyridine rings is 2. The fourth-order valence-corrected chi connectivity index (χ4v) is 2.45. The number of aryl methyl sites for hydroxylation is 1. The number of aromatic nitrogens is 2. The second-order valence-corrected chi connectivity index (χ2v) is 5.76. The Kier molecular flexibility index (Phi) is 5.06. The summed E-state index contributed by atoms with van der Waals surface area (Å²) in [4.78, 5) is 20.9. The normalized spacial score (nSPS) is 10.8. The summed E-state index contributed by atoms with van der Waals surface area (Å²) in [6.07, 6.45) is 2.05. The highest BCUT2D eigenvalue weighted by atomic mass is 19.2. The van der Waals surface area contributed by atoms with Crippen LogP contribution in [0.25, 0.3) is 11.0 Å². The molecule has 2 aromatic heterocycles. The van der Waals surface area contributed by atoms with Gasteiger partial charge in [-0.15, -0.1) is 0 Å². The SMILES string of the molecule is CCCOC(=O)c1cnc2nc(C)ccc2c1Nc1ccc(F)c(F)c1. The molecule has 2 heterocycles. The van der Waals surface area contributed by atoms with Gasteiger partial charge in [-0.2, -0.15) is 0 Å². The van der Waals surface area contributed by atoms with Crippen LogP contribution in [0.5, 0.6) is 0 Å². The van der Waals surface area contributed by atoms with Gasteiger partial charge in [-0.1, -0.05) is 6.92 Å². The van der Waals surface area contributed by atoms with Gasteiger partial charge in [0.15, 0.2) is 17.3 Å². The lowest BCUT2D eigenvalue weighted by molar-refractivity contribution is 0.0506. The number of ether oxygens (including phenoxy) is 1. The highest BCUT2D eigenvalue weighted by molar-refractivity contribution is 6.05. The largest absolute Gasteiger partial charge is 0.462 e.